The van der Waals surface area contributed by atoms with Crippen LogP contribution in [0, 0.1) is 11.6 Å². The molecule has 0 saturated heterocycles. The van der Waals surface area contributed by atoms with Crippen molar-refractivity contribution in [3.05, 3.63) is 65.7 Å². The number of hydrogen-bond acceptors (Lipinski definition) is 2. The Morgan fingerprint density at radius 3 is 2.35 bits per heavy atom. The summed E-state index contributed by atoms with van der Waals surface area (Å²) in [5.74, 6) is -2.51. The van der Waals surface area contributed by atoms with E-state index in [9.17, 15) is 13.6 Å². The molecule has 0 fully saturated rings. The van der Waals surface area contributed by atoms with Gasteiger partial charge in [0.15, 0.2) is 6.04 Å². The molecule has 2 aromatic rings. The molecule has 2 N–H and O–H groups in total. The van der Waals surface area contributed by atoms with Gasteiger partial charge < -0.3 is 10.4 Å². The van der Waals surface area contributed by atoms with Gasteiger partial charge in [-0.1, -0.05) is 30.3 Å². The molecule has 0 amide bonds. The van der Waals surface area contributed by atoms with E-state index in [0.29, 0.717) is 5.56 Å². The summed E-state index contributed by atoms with van der Waals surface area (Å²) in [7, 11) is 0. The van der Waals surface area contributed by atoms with Gasteiger partial charge in [-0.3, -0.25) is 0 Å². The number of halogens is 3. The Bertz CT molecular complexity index is 593. The molecule has 6 heteroatoms. The smallest absolute Gasteiger partial charge is 0.330 e. The zero-order valence-electron chi connectivity index (χ0n) is 10.2. The van der Waals surface area contributed by atoms with Crippen LogP contribution in [-0.4, -0.2) is 11.1 Å². The van der Waals surface area contributed by atoms with Gasteiger partial charge in [-0.05, 0) is 23.8 Å². The Morgan fingerprint density at radius 1 is 1.10 bits per heavy atom. The largest absolute Gasteiger partial charge is 0.479 e. The zero-order valence-corrected chi connectivity index (χ0v) is 11.0. The fourth-order valence-electron chi connectivity index (χ4n) is 1.70. The number of carboxylic acid groups (broad SMARTS) is 1. The molecule has 0 aromatic heterocycles. The second-order valence-electron chi connectivity index (χ2n) is 3.95. The van der Waals surface area contributed by atoms with Crippen molar-refractivity contribution in [3.8, 4) is 0 Å². The van der Waals surface area contributed by atoms with Crippen LogP contribution in [0.4, 0.5) is 14.5 Å². The van der Waals surface area contributed by atoms with Crippen LogP contribution >= 0.6 is 12.4 Å². The fraction of sp³-hybridized carbons (Fsp3) is 0.0714. The van der Waals surface area contributed by atoms with Crippen molar-refractivity contribution in [2.24, 2.45) is 0 Å². The maximum atomic E-state index is 13.5. The van der Waals surface area contributed by atoms with Crippen LogP contribution < -0.4 is 5.32 Å². The maximum absolute atomic E-state index is 13.5. The molecule has 0 heterocycles. The number of nitrogens with one attached hydrogen (secondary N) is 1. The summed E-state index contributed by atoms with van der Waals surface area (Å²) in [6.45, 7) is 0. The number of aliphatic carboxylic acids is 1. The normalized spacial score (nSPS) is 11.3. The Balaban J connectivity index is 0.00000200. The minimum atomic E-state index is -1.17. The summed E-state index contributed by atoms with van der Waals surface area (Å²) >= 11 is 0. The highest BCUT2D eigenvalue weighted by atomic mass is 35.5. The van der Waals surface area contributed by atoms with Crippen LogP contribution in [0.25, 0.3) is 0 Å². The second-order valence-corrected chi connectivity index (χ2v) is 3.95. The number of benzene rings is 2. The molecule has 20 heavy (non-hydrogen) atoms. The predicted octanol–water partition coefficient (Wildman–Crippen LogP) is 3.62. The number of carbonyl (C=O) groups is 1. The number of carboxylic acids is 1. The summed E-state index contributed by atoms with van der Waals surface area (Å²) in [5.41, 5.74) is 0.273. The predicted molar refractivity (Wildman–Crippen MR) is 74.0 cm³/mol. The lowest BCUT2D eigenvalue weighted by Gasteiger charge is -2.16. The molecule has 1 unspecified atom stereocenters. The summed E-state index contributed by atoms with van der Waals surface area (Å²) in [6.07, 6.45) is 0. The molecule has 3 nitrogen and oxygen atoms in total. The van der Waals surface area contributed by atoms with Gasteiger partial charge >= 0.3 is 5.97 Å². The molecule has 2 rings (SSSR count). The van der Waals surface area contributed by atoms with Crippen molar-refractivity contribution < 1.29 is 18.7 Å². The second kappa shape index (κ2) is 6.86. The van der Waals surface area contributed by atoms with Crippen molar-refractivity contribution in [3.63, 3.8) is 0 Å². The first-order valence-corrected chi connectivity index (χ1v) is 5.57. The van der Waals surface area contributed by atoms with E-state index in [-0.39, 0.29) is 18.1 Å². The van der Waals surface area contributed by atoms with E-state index in [1.54, 1.807) is 30.3 Å². The van der Waals surface area contributed by atoms with Gasteiger partial charge in [-0.25, -0.2) is 13.6 Å². The summed E-state index contributed by atoms with van der Waals surface area (Å²) in [4.78, 5) is 11.2. The van der Waals surface area contributed by atoms with Gasteiger partial charge in [0.05, 0.1) is 5.69 Å². The van der Waals surface area contributed by atoms with E-state index < -0.39 is 23.6 Å². The third-order valence-electron chi connectivity index (χ3n) is 2.61. The molecule has 0 aliphatic carbocycles. The van der Waals surface area contributed by atoms with Crippen molar-refractivity contribution in [1.82, 2.24) is 0 Å². The average molecular weight is 300 g/mol. The van der Waals surface area contributed by atoms with Crippen molar-refractivity contribution in [2.75, 3.05) is 5.32 Å². The summed E-state index contributed by atoms with van der Waals surface area (Å²) < 4.78 is 26.5. The Labute approximate surface area is 120 Å². The summed E-state index contributed by atoms with van der Waals surface area (Å²) in [5, 5.41) is 11.7. The molecular weight excluding hydrogens is 288 g/mol. The molecule has 1 atom stereocenters. The van der Waals surface area contributed by atoms with Crippen molar-refractivity contribution in [1.29, 1.82) is 0 Å². The van der Waals surface area contributed by atoms with Crippen LogP contribution in [0.3, 0.4) is 0 Å². The lowest BCUT2D eigenvalue weighted by Crippen LogP contribution is -2.21. The number of rotatable bonds is 4. The first-order valence-electron chi connectivity index (χ1n) is 5.57. The third-order valence-corrected chi connectivity index (χ3v) is 2.61. The minimum absolute atomic E-state index is 0. The van der Waals surface area contributed by atoms with E-state index in [1.165, 1.54) is 0 Å². The van der Waals surface area contributed by atoms with Gasteiger partial charge in [0.25, 0.3) is 0 Å². The molecule has 0 radical (unpaired) electrons. The average Bonchev–Trinajstić information content (AvgIpc) is 2.40. The SMILES string of the molecule is Cl.O=C(O)C(Nc1cc(F)ccc1F)c1ccccc1. The lowest BCUT2D eigenvalue weighted by atomic mass is 10.1. The van der Waals surface area contributed by atoms with E-state index in [1.807, 2.05) is 0 Å². The fourth-order valence-corrected chi connectivity index (χ4v) is 1.70. The minimum Gasteiger partial charge on any atom is -0.479 e. The highest BCUT2D eigenvalue weighted by Gasteiger charge is 2.20. The van der Waals surface area contributed by atoms with Crippen LogP contribution in [0.15, 0.2) is 48.5 Å². The van der Waals surface area contributed by atoms with Gasteiger partial charge in [0.1, 0.15) is 11.6 Å². The maximum Gasteiger partial charge on any atom is 0.330 e. The molecule has 0 bridgehead atoms. The molecule has 0 spiro atoms. The van der Waals surface area contributed by atoms with E-state index in [4.69, 9.17) is 5.11 Å². The van der Waals surface area contributed by atoms with Crippen molar-refractivity contribution in [2.45, 2.75) is 6.04 Å². The first-order chi connectivity index (χ1) is 9.08. The van der Waals surface area contributed by atoms with E-state index in [0.717, 1.165) is 18.2 Å². The third kappa shape index (κ3) is 3.68. The van der Waals surface area contributed by atoms with Gasteiger partial charge in [-0.15, -0.1) is 12.4 Å². The highest BCUT2D eigenvalue weighted by Crippen LogP contribution is 2.23. The topological polar surface area (TPSA) is 49.3 Å². The van der Waals surface area contributed by atoms with E-state index in [2.05, 4.69) is 5.32 Å². The zero-order chi connectivity index (χ0) is 13.8. The first kappa shape index (κ1) is 15.9. The monoisotopic (exact) mass is 299 g/mol. The molecule has 0 saturated carbocycles. The van der Waals surface area contributed by atoms with Crippen LogP contribution in [0.2, 0.25) is 0 Å². The molecule has 0 aliphatic rings. The van der Waals surface area contributed by atoms with Gasteiger partial charge in [0, 0.05) is 0 Å². The van der Waals surface area contributed by atoms with Gasteiger partial charge in [-0.2, -0.15) is 0 Å². The lowest BCUT2D eigenvalue weighted by molar-refractivity contribution is -0.138. The molecular formula is C14H12ClF2NO2. The number of hydrogen-bond donors (Lipinski definition) is 2. The van der Waals surface area contributed by atoms with Crippen LogP contribution in [0.1, 0.15) is 11.6 Å². The Kier molecular flexibility index (Phi) is 5.46. The Hall–Kier alpha value is -2.14. The standard InChI is InChI=1S/C14H11F2NO2.ClH/c15-10-6-7-11(16)12(8-10)17-13(14(18)19)9-4-2-1-3-5-9;/h1-8,13,17H,(H,18,19);1H. The quantitative estimate of drug-likeness (QED) is 0.906. The summed E-state index contributed by atoms with van der Waals surface area (Å²) in [6, 6.07) is 9.99. The molecule has 2 aromatic carbocycles. The van der Waals surface area contributed by atoms with Crippen LogP contribution in [0.5, 0.6) is 0 Å². The van der Waals surface area contributed by atoms with Crippen molar-refractivity contribution >= 4 is 24.1 Å². The van der Waals surface area contributed by atoms with Crippen LogP contribution in [-0.2, 0) is 4.79 Å². The van der Waals surface area contributed by atoms with E-state index >= 15 is 0 Å². The number of anilines is 1. The molecule has 0 aliphatic heterocycles. The van der Waals surface area contributed by atoms with Gasteiger partial charge in [0.2, 0.25) is 0 Å². The Morgan fingerprint density at radius 2 is 1.75 bits per heavy atom. The molecule has 106 valence electrons. The highest BCUT2D eigenvalue weighted by molar-refractivity contribution is 5.85.